The quantitative estimate of drug-likeness (QED) is 0.417. The number of hydrogen-bond donors (Lipinski definition) is 0. The zero-order valence-electron chi connectivity index (χ0n) is 7.36. The summed E-state index contributed by atoms with van der Waals surface area (Å²) in [6.07, 6.45) is 0. The number of rotatable bonds is 2. The summed E-state index contributed by atoms with van der Waals surface area (Å²) in [5.74, 6) is 0. The SMILES string of the molecule is CCOC(=S)[S-].CCOC(=S)[S-].[Sn+2]. The normalized spacial score (nSPS) is 6.92. The van der Waals surface area contributed by atoms with Crippen molar-refractivity contribution in [3.8, 4) is 0 Å². The first-order chi connectivity index (χ1) is 5.54. The van der Waals surface area contributed by atoms with E-state index in [1.165, 1.54) is 0 Å². The van der Waals surface area contributed by atoms with Gasteiger partial charge < -0.3 is 59.2 Å². The van der Waals surface area contributed by atoms with Crippen LogP contribution in [0.2, 0.25) is 0 Å². The van der Waals surface area contributed by atoms with Crippen molar-refractivity contribution in [2.24, 2.45) is 0 Å². The maximum Gasteiger partial charge on any atom is 2.00 e. The third kappa shape index (κ3) is 32.1. The number of thiocarbonyl (C=S) groups is 2. The summed E-state index contributed by atoms with van der Waals surface area (Å²) in [4.78, 5) is 0. The van der Waals surface area contributed by atoms with Crippen molar-refractivity contribution in [2.75, 3.05) is 13.2 Å². The zero-order valence-corrected chi connectivity index (χ0v) is 13.5. The van der Waals surface area contributed by atoms with Crippen molar-refractivity contribution < 1.29 is 9.47 Å². The molecule has 0 aliphatic carbocycles. The Hall–Kier alpha value is 1.02. The van der Waals surface area contributed by atoms with Gasteiger partial charge in [0.05, 0.1) is 13.2 Å². The molecule has 0 amide bonds. The molecule has 0 rings (SSSR count). The summed E-state index contributed by atoms with van der Waals surface area (Å²) in [6.45, 7) is 4.86. The van der Waals surface area contributed by atoms with Crippen LogP contribution in [0.5, 0.6) is 0 Å². The Morgan fingerprint density at radius 2 is 1.23 bits per heavy atom. The van der Waals surface area contributed by atoms with Crippen LogP contribution in [-0.2, 0) is 34.7 Å². The first-order valence-corrected chi connectivity index (χ1v) is 4.85. The third-order valence-corrected chi connectivity index (χ3v) is 0.996. The molecule has 0 fully saturated rings. The van der Waals surface area contributed by atoms with E-state index in [9.17, 15) is 0 Å². The second kappa shape index (κ2) is 15.5. The van der Waals surface area contributed by atoms with E-state index >= 15 is 0 Å². The van der Waals surface area contributed by atoms with Crippen LogP contribution in [0.3, 0.4) is 0 Å². The van der Waals surface area contributed by atoms with Gasteiger partial charge in [0.2, 0.25) is 0 Å². The maximum atomic E-state index is 4.59. The van der Waals surface area contributed by atoms with Gasteiger partial charge in [-0.15, -0.1) is 0 Å². The molecule has 0 atom stereocenters. The van der Waals surface area contributed by atoms with E-state index in [1.807, 2.05) is 13.8 Å². The molecule has 0 aromatic rings. The first-order valence-electron chi connectivity index (χ1n) is 3.22. The molecule has 0 saturated carbocycles. The van der Waals surface area contributed by atoms with Crippen molar-refractivity contribution in [1.29, 1.82) is 0 Å². The van der Waals surface area contributed by atoms with Crippen LogP contribution in [0.1, 0.15) is 13.8 Å². The average Bonchev–Trinajstić information content (AvgIpc) is 1.87. The predicted molar refractivity (Wildman–Crippen MR) is 68.9 cm³/mol. The molecule has 0 aliphatic heterocycles. The van der Waals surface area contributed by atoms with Gasteiger partial charge in [-0.1, -0.05) is 0 Å². The van der Waals surface area contributed by atoms with Crippen LogP contribution in [0.15, 0.2) is 0 Å². The average molecular weight is 361 g/mol. The molecule has 13 heavy (non-hydrogen) atoms. The number of ether oxygens (including phenoxy) is 2. The van der Waals surface area contributed by atoms with Crippen LogP contribution < -0.4 is 0 Å². The Morgan fingerprint density at radius 3 is 1.23 bits per heavy atom. The van der Waals surface area contributed by atoms with Crippen LogP contribution in [0.4, 0.5) is 0 Å². The molecule has 7 heteroatoms. The second-order valence-corrected chi connectivity index (χ2v) is 3.37. The van der Waals surface area contributed by atoms with E-state index in [-0.39, 0.29) is 32.7 Å². The summed E-state index contributed by atoms with van der Waals surface area (Å²) in [5, 5.41) is 0. The van der Waals surface area contributed by atoms with E-state index in [0.717, 1.165) is 0 Å². The summed E-state index contributed by atoms with van der Waals surface area (Å²) in [7, 11) is 0. The molecule has 0 heterocycles. The van der Waals surface area contributed by atoms with Gasteiger partial charge in [0.15, 0.2) is 0 Å². The summed E-state index contributed by atoms with van der Waals surface area (Å²) in [5.41, 5.74) is 0. The van der Waals surface area contributed by atoms with E-state index < -0.39 is 0 Å². The maximum absolute atomic E-state index is 4.59. The Morgan fingerprint density at radius 1 is 1.00 bits per heavy atom. The Balaban J connectivity index is -0.000000143. The fraction of sp³-hybridized carbons (Fsp3) is 0.667. The number of hydrogen-bond acceptors (Lipinski definition) is 6. The minimum Gasteiger partial charge on any atom is -0.514 e. The molecule has 0 aromatic heterocycles. The third-order valence-electron chi connectivity index (χ3n) is 0.524. The van der Waals surface area contributed by atoms with Gasteiger partial charge in [0, 0.05) is 8.77 Å². The van der Waals surface area contributed by atoms with Gasteiger partial charge in [-0.3, -0.25) is 0 Å². The summed E-state index contributed by atoms with van der Waals surface area (Å²) < 4.78 is 9.59. The van der Waals surface area contributed by atoms with Crippen LogP contribution in [-0.4, -0.2) is 45.9 Å². The van der Waals surface area contributed by atoms with Gasteiger partial charge in [-0.05, 0) is 13.8 Å². The zero-order chi connectivity index (χ0) is 9.98. The van der Waals surface area contributed by atoms with Crippen LogP contribution in [0.25, 0.3) is 0 Å². The molecule has 0 bridgehead atoms. The molecule has 0 unspecified atom stereocenters. The Labute approximate surface area is 118 Å². The summed E-state index contributed by atoms with van der Waals surface area (Å²) in [6, 6.07) is 0. The molecular formula is C6H10O2S4Sn. The fourth-order valence-corrected chi connectivity index (χ4v) is 0.707. The summed E-state index contributed by atoms with van der Waals surface area (Å²) >= 11 is 17.5. The van der Waals surface area contributed by atoms with E-state index in [1.54, 1.807) is 0 Å². The molecule has 0 aliphatic rings. The molecule has 0 N–H and O–H groups in total. The first kappa shape index (κ1) is 19.6. The van der Waals surface area contributed by atoms with Crippen LogP contribution >= 0.6 is 24.4 Å². The van der Waals surface area contributed by atoms with Gasteiger partial charge in [0.1, 0.15) is 0 Å². The van der Waals surface area contributed by atoms with Crippen molar-refractivity contribution >= 4 is 82.4 Å². The molecule has 2 nitrogen and oxygen atoms in total. The van der Waals surface area contributed by atoms with Gasteiger partial charge in [-0.25, -0.2) is 0 Å². The minimum atomic E-state index is 0. The molecule has 0 saturated heterocycles. The van der Waals surface area contributed by atoms with Crippen LogP contribution in [0, 0.1) is 0 Å². The van der Waals surface area contributed by atoms with Crippen molar-refractivity contribution in [3.05, 3.63) is 0 Å². The minimum absolute atomic E-state index is 0. The smallest absolute Gasteiger partial charge is 0.514 e. The predicted octanol–water partition coefficient (Wildman–Crippen LogP) is 1.33. The largest absolute Gasteiger partial charge is 2.00 e. The fourth-order valence-electron chi connectivity index (χ4n) is 0.236. The van der Waals surface area contributed by atoms with E-state index in [4.69, 9.17) is 0 Å². The Bertz CT molecular complexity index is 127. The Kier molecular flexibility index (Phi) is 23.3. The second-order valence-electron chi connectivity index (χ2n) is 1.37. The standard InChI is InChI=1S/2C3H6OS2.Sn/c2*1-2-4-3(5)6;/h2*2H2,1H3,(H,5,6);/q;;+2/p-2. The molecule has 0 spiro atoms. The van der Waals surface area contributed by atoms with Gasteiger partial charge in [-0.2, -0.15) is 0 Å². The topological polar surface area (TPSA) is 18.5 Å². The van der Waals surface area contributed by atoms with Gasteiger partial charge >= 0.3 is 23.9 Å². The van der Waals surface area contributed by atoms with Crippen molar-refractivity contribution in [1.82, 2.24) is 0 Å². The van der Waals surface area contributed by atoms with Crippen molar-refractivity contribution in [2.45, 2.75) is 13.8 Å². The monoisotopic (exact) mass is 362 g/mol. The molecular weight excluding hydrogens is 351 g/mol. The van der Waals surface area contributed by atoms with Crippen molar-refractivity contribution in [3.63, 3.8) is 0 Å². The van der Waals surface area contributed by atoms with E-state index in [2.05, 4.69) is 59.2 Å². The molecule has 74 valence electrons. The van der Waals surface area contributed by atoms with Gasteiger partial charge in [0.25, 0.3) is 0 Å². The van der Waals surface area contributed by atoms with E-state index in [0.29, 0.717) is 13.2 Å². The molecule has 0 aromatic carbocycles. The molecule has 2 radical (unpaired) electrons.